The average molecular weight is 230 g/mol. The van der Waals surface area contributed by atoms with Crippen molar-refractivity contribution in [2.24, 2.45) is 10.8 Å². The summed E-state index contributed by atoms with van der Waals surface area (Å²) in [6, 6.07) is 0. The summed E-state index contributed by atoms with van der Waals surface area (Å²) >= 11 is 0. The van der Waals surface area contributed by atoms with Gasteiger partial charge in [0.1, 0.15) is 12.2 Å². The Balaban J connectivity index is 4.21. The lowest BCUT2D eigenvalue weighted by Gasteiger charge is -2.30. The molecule has 0 aliphatic rings. The van der Waals surface area contributed by atoms with Gasteiger partial charge in [0.15, 0.2) is 0 Å². The molecule has 0 aliphatic heterocycles. The summed E-state index contributed by atoms with van der Waals surface area (Å²) in [7, 11) is 0. The van der Waals surface area contributed by atoms with Crippen molar-refractivity contribution in [3.63, 3.8) is 0 Å². The van der Waals surface area contributed by atoms with E-state index in [9.17, 15) is 4.79 Å². The molecule has 2 atom stereocenters. The Kier molecular flexibility index (Phi) is 4.84. The van der Waals surface area contributed by atoms with Crippen molar-refractivity contribution < 1.29 is 14.3 Å². The first kappa shape index (κ1) is 15.3. The number of carbonyl (C=O) groups is 1. The Labute approximate surface area is 99.5 Å². The molecular weight excluding hydrogens is 204 g/mol. The maximum atomic E-state index is 11.5. The molecule has 3 heteroatoms. The molecule has 0 N–H and O–H groups in total. The maximum Gasteiger partial charge on any atom is 0.508 e. The molecule has 0 aliphatic carbocycles. The minimum absolute atomic E-state index is 0.0655. The van der Waals surface area contributed by atoms with E-state index in [0.717, 1.165) is 0 Å². The fourth-order valence-electron chi connectivity index (χ4n) is 0.670. The second-order valence-electron chi connectivity index (χ2n) is 6.50. The highest BCUT2D eigenvalue weighted by Gasteiger charge is 2.28. The van der Waals surface area contributed by atoms with Gasteiger partial charge in [0.05, 0.1) is 0 Å². The van der Waals surface area contributed by atoms with Crippen LogP contribution in [0.2, 0.25) is 0 Å². The second-order valence-corrected chi connectivity index (χ2v) is 6.50. The first-order valence-electron chi connectivity index (χ1n) is 5.82. The van der Waals surface area contributed by atoms with Gasteiger partial charge in [0.25, 0.3) is 0 Å². The molecule has 0 saturated heterocycles. The molecule has 3 nitrogen and oxygen atoms in total. The summed E-state index contributed by atoms with van der Waals surface area (Å²) < 4.78 is 10.4. The van der Waals surface area contributed by atoms with Crippen molar-refractivity contribution >= 4 is 6.16 Å². The molecule has 0 bridgehead atoms. The maximum absolute atomic E-state index is 11.5. The van der Waals surface area contributed by atoms with E-state index in [2.05, 4.69) is 0 Å². The van der Waals surface area contributed by atoms with E-state index < -0.39 is 6.16 Å². The van der Waals surface area contributed by atoms with Crippen LogP contribution in [0.15, 0.2) is 0 Å². The highest BCUT2D eigenvalue weighted by molar-refractivity contribution is 5.60. The van der Waals surface area contributed by atoms with Gasteiger partial charge in [-0.25, -0.2) is 4.79 Å². The van der Waals surface area contributed by atoms with E-state index in [-0.39, 0.29) is 23.0 Å². The molecule has 96 valence electrons. The Hall–Kier alpha value is -0.730. The van der Waals surface area contributed by atoms with Crippen LogP contribution in [0.4, 0.5) is 4.79 Å². The minimum atomic E-state index is -0.579. The third-order valence-corrected chi connectivity index (χ3v) is 2.99. The van der Waals surface area contributed by atoms with Crippen LogP contribution in [0, 0.1) is 10.8 Å². The molecule has 0 heterocycles. The summed E-state index contributed by atoms with van der Waals surface area (Å²) in [5.74, 6) is 0. The van der Waals surface area contributed by atoms with Crippen molar-refractivity contribution in [1.29, 1.82) is 0 Å². The Morgan fingerprint density at radius 3 is 1.25 bits per heavy atom. The first-order chi connectivity index (χ1) is 6.94. The predicted molar refractivity (Wildman–Crippen MR) is 65.4 cm³/mol. The van der Waals surface area contributed by atoms with Crippen LogP contribution in [-0.4, -0.2) is 18.4 Å². The van der Waals surface area contributed by atoms with Gasteiger partial charge >= 0.3 is 6.16 Å². The van der Waals surface area contributed by atoms with Crippen LogP contribution in [0.1, 0.15) is 55.4 Å². The zero-order chi connectivity index (χ0) is 13.1. The van der Waals surface area contributed by atoms with Crippen molar-refractivity contribution in [1.82, 2.24) is 0 Å². The Morgan fingerprint density at radius 2 is 1.06 bits per heavy atom. The van der Waals surface area contributed by atoms with Crippen LogP contribution in [0.3, 0.4) is 0 Å². The molecule has 16 heavy (non-hydrogen) atoms. The van der Waals surface area contributed by atoms with E-state index in [1.807, 2.05) is 55.4 Å². The van der Waals surface area contributed by atoms with E-state index in [0.29, 0.717) is 0 Å². The smallest absolute Gasteiger partial charge is 0.431 e. The lowest BCUT2D eigenvalue weighted by Crippen LogP contribution is -2.33. The van der Waals surface area contributed by atoms with E-state index in [4.69, 9.17) is 9.47 Å². The van der Waals surface area contributed by atoms with E-state index in [1.54, 1.807) is 0 Å². The summed E-state index contributed by atoms with van der Waals surface area (Å²) in [4.78, 5) is 11.5. The molecular formula is C13H26O3. The highest BCUT2D eigenvalue weighted by atomic mass is 16.7. The lowest BCUT2D eigenvalue weighted by molar-refractivity contribution is -0.0447. The quantitative estimate of drug-likeness (QED) is 0.672. The largest absolute Gasteiger partial charge is 0.508 e. The molecule has 0 aromatic carbocycles. The minimum Gasteiger partial charge on any atom is -0.431 e. The van der Waals surface area contributed by atoms with Crippen molar-refractivity contribution in [3.05, 3.63) is 0 Å². The third kappa shape index (κ3) is 5.38. The van der Waals surface area contributed by atoms with Crippen LogP contribution in [-0.2, 0) is 9.47 Å². The molecule has 0 amide bonds. The zero-order valence-electron chi connectivity index (χ0n) is 11.9. The van der Waals surface area contributed by atoms with E-state index >= 15 is 0 Å². The van der Waals surface area contributed by atoms with E-state index in [1.165, 1.54) is 0 Å². The number of rotatable bonds is 2. The molecule has 0 spiro atoms. The molecule has 0 saturated carbocycles. The molecule has 0 aromatic rings. The van der Waals surface area contributed by atoms with Crippen LogP contribution in [0.25, 0.3) is 0 Å². The molecule has 0 aromatic heterocycles. The number of carbonyl (C=O) groups excluding carboxylic acids is 1. The van der Waals surface area contributed by atoms with Gasteiger partial charge in [-0.3, -0.25) is 0 Å². The molecule has 0 radical (unpaired) electrons. The average Bonchev–Trinajstić information content (AvgIpc) is 1.99. The molecule has 0 rings (SSSR count). The topological polar surface area (TPSA) is 35.5 Å². The zero-order valence-corrected chi connectivity index (χ0v) is 11.9. The van der Waals surface area contributed by atoms with Gasteiger partial charge in [-0.1, -0.05) is 41.5 Å². The van der Waals surface area contributed by atoms with Crippen molar-refractivity contribution in [2.45, 2.75) is 67.6 Å². The second kappa shape index (κ2) is 5.07. The number of hydrogen-bond acceptors (Lipinski definition) is 3. The predicted octanol–water partition coefficient (Wildman–Crippen LogP) is 4.01. The van der Waals surface area contributed by atoms with Gasteiger partial charge < -0.3 is 9.47 Å². The lowest BCUT2D eigenvalue weighted by atomic mass is 9.90. The van der Waals surface area contributed by atoms with Gasteiger partial charge in [-0.05, 0) is 24.7 Å². The van der Waals surface area contributed by atoms with Gasteiger partial charge in [0.2, 0.25) is 0 Å². The number of hydrogen-bond donors (Lipinski definition) is 0. The summed E-state index contributed by atoms with van der Waals surface area (Å²) in [6.45, 7) is 15.9. The normalized spacial score (nSPS) is 16.5. The SMILES string of the molecule is CC(OC(=O)OC(C)C(C)(C)C)C(C)(C)C. The fourth-order valence-corrected chi connectivity index (χ4v) is 0.670. The standard InChI is InChI=1S/C13H26O3/c1-9(12(3,4)5)15-11(14)16-10(2)13(6,7)8/h9-10H,1-8H3. The highest BCUT2D eigenvalue weighted by Crippen LogP contribution is 2.25. The van der Waals surface area contributed by atoms with Crippen LogP contribution < -0.4 is 0 Å². The van der Waals surface area contributed by atoms with Gasteiger partial charge in [-0.15, -0.1) is 0 Å². The summed E-state index contributed by atoms with van der Waals surface area (Å²) in [6.07, 6.45) is -0.899. The Morgan fingerprint density at radius 1 is 0.812 bits per heavy atom. The van der Waals surface area contributed by atoms with Crippen molar-refractivity contribution in [2.75, 3.05) is 0 Å². The molecule has 2 unspecified atom stereocenters. The van der Waals surface area contributed by atoms with Crippen LogP contribution in [0.5, 0.6) is 0 Å². The van der Waals surface area contributed by atoms with Gasteiger partial charge in [0, 0.05) is 0 Å². The molecule has 0 fully saturated rings. The summed E-state index contributed by atoms with van der Waals surface area (Å²) in [5, 5.41) is 0. The van der Waals surface area contributed by atoms with Gasteiger partial charge in [-0.2, -0.15) is 0 Å². The fraction of sp³-hybridized carbons (Fsp3) is 0.923. The number of ether oxygens (including phenoxy) is 2. The monoisotopic (exact) mass is 230 g/mol. The summed E-state index contributed by atoms with van der Waals surface area (Å²) in [5.41, 5.74) is -0.131. The first-order valence-corrected chi connectivity index (χ1v) is 5.82. The third-order valence-electron chi connectivity index (χ3n) is 2.99. The Bertz CT molecular complexity index is 209. The van der Waals surface area contributed by atoms with Crippen LogP contribution >= 0.6 is 0 Å². The van der Waals surface area contributed by atoms with Crippen molar-refractivity contribution in [3.8, 4) is 0 Å².